The fourth-order valence-corrected chi connectivity index (χ4v) is 9.51. The van der Waals surface area contributed by atoms with Crippen LogP contribution in [0.25, 0.3) is 0 Å². The number of hydrogen-bond acceptors (Lipinski definition) is 4. The second-order valence-electron chi connectivity index (χ2n) is 14.5. The highest BCUT2D eigenvalue weighted by molar-refractivity contribution is 7.80. The maximum atomic E-state index is 14.2. The van der Waals surface area contributed by atoms with Crippen molar-refractivity contribution in [3.05, 3.63) is 149 Å². The lowest BCUT2D eigenvalue weighted by molar-refractivity contribution is -0.638. The minimum absolute atomic E-state index is 0.361. The quantitative estimate of drug-likeness (QED) is 0.0753. The first-order chi connectivity index (χ1) is 31.5. The van der Waals surface area contributed by atoms with Gasteiger partial charge >= 0.3 is 78.1 Å². The predicted octanol–water partition coefficient (Wildman–Crippen LogP) is 10.8. The summed E-state index contributed by atoms with van der Waals surface area (Å²) in [5, 5.41) is 1.29. The first kappa shape index (κ1) is 56.2. The molecule has 0 aliphatic heterocycles. The van der Waals surface area contributed by atoms with E-state index in [0.717, 1.165) is 7.53 Å². The maximum absolute atomic E-state index is 14.2. The molecule has 2 heterocycles. The fourth-order valence-electron chi connectivity index (χ4n) is 6.87. The molecule has 0 N–H and O–H groups in total. The van der Waals surface area contributed by atoms with E-state index in [1.807, 2.05) is 24.3 Å². The number of benzene rings is 4. The van der Waals surface area contributed by atoms with E-state index in [2.05, 4.69) is 25.3 Å². The van der Waals surface area contributed by atoms with Crippen LogP contribution in [0.1, 0.15) is 44.5 Å². The molecule has 70 heavy (non-hydrogen) atoms. The molecule has 0 amide bonds. The van der Waals surface area contributed by atoms with Crippen LogP contribution in [0, 0.1) is 7.53 Å². The zero-order chi connectivity index (χ0) is 53.2. The van der Waals surface area contributed by atoms with Gasteiger partial charge in [-0.3, -0.25) is 0 Å². The Morgan fingerprint density at radius 1 is 0.286 bits per heavy atom. The number of furan rings is 2. The normalized spacial score (nSPS) is 13.6. The van der Waals surface area contributed by atoms with E-state index in [4.69, 9.17) is 8.83 Å². The van der Waals surface area contributed by atoms with E-state index in [9.17, 15) is 105 Å². The molecule has 0 bridgehead atoms. The van der Waals surface area contributed by atoms with Crippen molar-refractivity contribution in [3.63, 3.8) is 0 Å². The lowest BCUT2D eigenvalue weighted by Gasteiger charge is -2.46. The van der Waals surface area contributed by atoms with Gasteiger partial charge in [0.1, 0.15) is 6.15 Å². The first-order valence-electron chi connectivity index (χ1n) is 18.1. The Bertz CT molecular complexity index is 2370. The average Bonchev–Trinajstić information content (AvgIpc) is 3.81. The van der Waals surface area contributed by atoms with E-state index in [1.165, 1.54) is 0 Å². The van der Waals surface area contributed by atoms with Gasteiger partial charge in [-0.15, -0.1) is 25.3 Å². The Balaban J connectivity index is 0.000000600. The Morgan fingerprint density at radius 2 is 0.457 bits per heavy atom. The Labute approximate surface area is 396 Å². The molecule has 2 nitrogen and oxygen atoms in total. The van der Waals surface area contributed by atoms with Gasteiger partial charge in [-0.25, -0.2) is 0 Å². The molecule has 0 saturated heterocycles. The van der Waals surface area contributed by atoms with Crippen molar-refractivity contribution in [1.29, 1.82) is 0 Å². The van der Waals surface area contributed by atoms with Gasteiger partial charge in [-0.05, 0) is 36.4 Å². The average molecular weight is 1190 g/mol. The van der Waals surface area contributed by atoms with Crippen LogP contribution in [0.5, 0.6) is 0 Å². The molecule has 0 atom stereocenters. The van der Waals surface area contributed by atoms with E-state index in [1.54, 1.807) is 0 Å². The largest absolute Gasteiger partial charge is 0.443 e. The highest BCUT2D eigenvalue weighted by Crippen LogP contribution is 2.41. The third-order valence-corrected chi connectivity index (χ3v) is 12.4. The van der Waals surface area contributed by atoms with Gasteiger partial charge in [-0.1, -0.05) is 48.5 Å². The molecule has 0 fully saturated rings. The predicted molar refractivity (Wildman–Crippen MR) is 199 cm³/mol. The number of rotatable bonds is 6. The Hall–Kier alpha value is -4.75. The summed E-state index contributed by atoms with van der Waals surface area (Å²) in [6.45, 7) is 0. The van der Waals surface area contributed by atoms with Gasteiger partial charge in [0.15, 0.2) is 10.2 Å². The molecule has 6 aromatic rings. The second kappa shape index (κ2) is 19.0. The molecule has 0 radical (unpaired) electrons. The van der Waals surface area contributed by atoms with Crippen LogP contribution in [0.4, 0.5) is 105 Å². The van der Waals surface area contributed by atoms with E-state index in [0.29, 0.717) is 10.2 Å². The summed E-state index contributed by atoms with van der Waals surface area (Å²) in [4.78, 5) is 0. The highest BCUT2D eigenvalue weighted by atomic mass is 127. The van der Waals surface area contributed by atoms with Crippen LogP contribution < -0.4 is 43.1 Å². The van der Waals surface area contributed by atoms with Crippen LogP contribution in [-0.4, -0.2) is 6.15 Å². The minimum atomic E-state index is -6.13. The molecule has 0 unspecified atom stereocenters. The molecule has 0 aliphatic rings. The highest BCUT2D eigenvalue weighted by Gasteiger charge is 2.47. The Morgan fingerprint density at radius 3 is 0.586 bits per heavy atom. The minimum Gasteiger partial charge on any atom is -0.412 e. The van der Waals surface area contributed by atoms with Crippen LogP contribution in [-0.2, 0) is 49.4 Å². The summed E-state index contributed by atoms with van der Waals surface area (Å²) in [5.74, 6) is 0. The summed E-state index contributed by atoms with van der Waals surface area (Å²) in [5.41, 5.74) is -30.2. The van der Waals surface area contributed by atoms with Gasteiger partial charge in [-0.2, -0.15) is 127 Å². The van der Waals surface area contributed by atoms with E-state index < -0.39 is 195 Å². The summed E-state index contributed by atoms with van der Waals surface area (Å²) in [6.07, 6.45) is -54.8. The monoisotopic (exact) mass is 1190 g/mol. The van der Waals surface area contributed by atoms with Crippen molar-refractivity contribution in [2.45, 2.75) is 59.6 Å². The fraction of sp³-hybridized carbons (Fsp3) is 0.200. The molecule has 4 aromatic carbocycles. The van der Waals surface area contributed by atoms with Crippen molar-refractivity contribution < 1.29 is 135 Å². The molecule has 6 rings (SSSR count). The molecule has 0 saturated carbocycles. The Kier molecular flexibility index (Phi) is 15.3. The number of halogens is 25. The lowest BCUT2D eigenvalue weighted by atomic mass is 9.12. The van der Waals surface area contributed by atoms with Crippen LogP contribution >= 0.6 is 25.3 Å². The van der Waals surface area contributed by atoms with Gasteiger partial charge in [0.25, 0.3) is 0 Å². The summed E-state index contributed by atoms with van der Waals surface area (Å²) in [6, 6.07) is -1.28. The van der Waals surface area contributed by atoms with Crippen molar-refractivity contribution in [3.8, 4) is 0 Å². The van der Waals surface area contributed by atoms with Gasteiger partial charge in [0.2, 0.25) is 0 Å². The molecule has 0 aliphatic carbocycles. The molecular formula is C40H18BF24IO2S2. The molecule has 30 heteroatoms. The molecule has 2 aromatic heterocycles. The van der Waals surface area contributed by atoms with E-state index >= 15 is 0 Å². The first-order valence-corrected chi connectivity index (χ1v) is 21.1. The standard InChI is InChI=1S/C32H12BF24.C8H5IO2S2/c34-25(35,36)13-1-14(26(37,38)39)6-21(5-13)33(22-7-15(27(40,41)42)2-16(8-22)28(43,44)45,23-9-17(29(46,47)48)3-18(10-23)30(49,50)51)24-11-19(31(52,53)54)4-20(12-24)32(55,56)57;12-7-3-1-5(10-7)9-6-2-4-8(13)11-6/h1-12H;1-4H,(H-,12,13)/q-1;/p+1. The zero-order valence-electron chi connectivity index (χ0n) is 33.0. The molecular weight excluding hydrogens is 1170 g/mol. The SMILES string of the molecule is FC(F)(F)c1cc([B-](c2cc(C(F)(F)F)cc(C(F)(F)F)c2)(c2cc(C(F)(F)F)cc(C(F)(F)F)c2)c2cc(C(F)(F)F)cc(C(F)(F)F)c2)cc(C(F)(F)F)c1.Sc1ccc([I+]c2ccc(S)o2)o1. The van der Waals surface area contributed by atoms with E-state index in [-0.39, 0.29) is 21.2 Å². The summed E-state index contributed by atoms with van der Waals surface area (Å²) < 4.78 is 353. The van der Waals surface area contributed by atoms with Crippen molar-refractivity contribution in [1.82, 2.24) is 0 Å². The van der Waals surface area contributed by atoms with Crippen molar-refractivity contribution >= 4 is 53.3 Å². The maximum Gasteiger partial charge on any atom is 0.443 e. The summed E-state index contributed by atoms with van der Waals surface area (Å²) >= 11 is 7.80. The lowest BCUT2D eigenvalue weighted by Crippen LogP contribution is -3.61. The van der Waals surface area contributed by atoms with Crippen LogP contribution in [0.2, 0.25) is 0 Å². The third kappa shape index (κ3) is 13.0. The van der Waals surface area contributed by atoms with Crippen LogP contribution in [0.3, 0.4) is 0 Å². The van der Waals surface area contributed by atoms with Crippen LogP contribution in [0.15, 0.2) is 116 Å². The van der Waals surface area contributed by atoms with Crippen molar-refractivity contribution in [2.24, 2.45) is 0 Å². The second-order valence-corrected chi connectivity index (χ2v) is 18.0. The third-order valence-electron chi connectivity index (χ3n) is 9.74. The topological polar surface area (TPSA) is 26.3 Å². The van der Waals surface area contributed by atoms with Crippen molar-refractivity contribution in [2.75, 3.05) is 0 Å². The van der Waals surface area contributed by atoms with Gasteiger partial charge < -0.3 is 8.83 Å². The molecule has 380 valence electrons. The number of alkyl halides is 24. The van der Waals surface area contributed by atoms with Gasteiger partial charge in [0.05, 0.1) is 44.5 Å². The van der Waals surface area contributed by atoms with Gasteiger partial charge in [0, 0.05) is 12.1 Å². The smallest absolute Gasteiger partial charge is 0.412 e. The molecule has 0 spiro atoms. The number of thiol groups is 2. The summed E-state index contributed by atoms with van der Waals surface area (Å²) in [7, 11) is 0. The number of hydrogen-bond donors (Lipinski definition) is 2. The zero-order valence-corrected chi connectivity index (χ0v) is 36.9.